The number of carbonyl (C=O) groups is 1. The lowest BCUT2D eigenvalue weighted by atomic mass is 9.51. The van der Waals surface area contributed by atoms with E-state index in [1.165, 1.54) is 0 Å². The molecule has 3 aliphatic carbocycles. The first-order valence-corrected chi connectivity index (χ1v) is 14.2. The Hall–Kier alpha value is -0.490. The van der Waals surface area contributed by atoms with Crippen molar-refractivity contribution in [2.45, 2.75) is 110 Å². The van der Waals surface area contributed by atoms with Gasteiger partial charge in [-0.1, -0.05) is 34.6 Å². The Kier molecular flexibility index (Phi) is 5.28. The van der Waals surface area contributed by atoms with Crippen molar-refractivity contribution >= 4 is 5.78 Å². The van der Waals surface area contributed by atoms with Crippen molar-refractivity contribution in [3.05, 3.63) is 0 Å². The molecular weight excluding hydrogens is 426 g/mol. The zero-order chi connectivity index (χ0) is 24.4. The summed E-state index contributed by atoms with van der Waals surface area (Å²) >= 11 is 0. The number of ether oxygens (including phenoxy) is 1. The van der Waals surface area contributed by atoms with Crippen LogP contribution in [0.3, 0.4) is 0 Å². The molecule has 13 atom stereocenters. The van der Waals surface area contributed by atoms with Gasteiger partial charge in [-0.15, -0.1) is 0 Å². The van der Waals surface area contributed by atoms with Crippen LogP contribution in [0.1, 0.15) is 79.6 Å². The molecule has 0 unspecified atom stereocenters. The van der Waals surface area contributed by atoms with Crippen LogP contribution < -0.4 is 0 Å². The summed E-state index contributed by atoms with van der Waals surface area (Å²) in [6.07, 6.45) is 5.86. The molecule has 6 fully saturated rings. The van der Waals surface area contributed by atoms with E-state index < -0.39 is 0 Å². The zero-order valence-electron chi connectivity index (χ0n) is 22.2. The summed E-state index contributed by atoms with van der Waals surface area (Å²) in [5.74, 6) is 3.19. The van der Waals surface area contributed by atoms with Crippen LogP contribution in [0.2, 0.25) is 0 Å². The molecule has 34 heavy (non-hydrogen) atoms. The first-order valence-electron chi connectivity index (χ1n) is 14.2. The maximum Gasteiger partial charge on any atom is 0.136 e. The van der Waals surface area contributed by atoms with Crippen molar-refractivity contribution in [1.29, 1.82) is 0 Å². The number of rotatable bonds is 2. The van der Waals surface area contributed by atoms with Gasteiger partial charge < -0.3 is 19.8 Å². The summed E-state index contributed by atoms with van der Waals surface area (Å²) in [6, 6.07) is 0.185. The Morgan fingerprint density at radius 2 is 1.85 bits per heavy atom. The number of Topliss-reactive ketones (excluding diaryl/α,β-unsaturated/α-hetero) is 1. The molecule has 0 aromatic rings. The molecule has 0 amide bonds. The van der Waals surface area contributed by atoms with Gasteiger partial charge in [0.25, 0.3) is 0 Å². The topological polar surface area (TPSA) is 70.0 Å². The van der Waals surface area contributed by atoms with Crippen LogP contribution in [0.15, 0.2) is 0 Å². The Labute approximate surface area is 206 Å². The predicted molar refractivity (Wildman–Crippen MR) is 131 cm³/mol. The molecule has 0 aromatic carbocycles. The zero-order valence-corrected chi connectivity index (χ0v) is 22.2. The number of likely N-dealkylation sites (N-methyl/N-ethyl adjacent to an activating group) is 1. The van der Waals surface area contributed by atoms with Gasteiger partial charge in [-0.25, -0.2) is 0 Å². The van der Waals surface area contributed by atoms with E-state index in [-0.39, 0.29) is 46.7 Å². The molecule has 5 nitrogen and oxygen atoms in total. The fraction of sp³-hybridized carbons (Fsp3) is 0.966. The SMILES string of the molecule is C[C@H]1C[C@@H](O)[C@@H]([C@H](C)[C@@H]2[C@@H]3C[C@H]4[C@@H]5CC(=O)[C@H]6C[C@@H](O)CC[C@]6(C)[C@H]5C[C@]4(O3)C2(C)C)N(C)C1. The third-order valence-electron chi connectivity index (χ3n) is 12.6. The highest BCUT2D eigenvalue weighted by molar-refractivity contribution is 5.83. The lowest BCUT2D eigenvalue weighted by Gasteiger charge is -2.52. The molecular formula is C29H47NO4. The van der Waals surface area contributed by atoms with Crippen molar-refractivity contribution in [2.24, 2.45) is 52.3 Å². The van der Waals surface area contributed by atoms with E-state index in [1.54, 1.807) is 0 Å². The normalized spacial score (nSPS) is 57.2. The molecule has 6 aliphatic rings. The summed E-state index contributed by atoms with van der Waals surface area (Å²) in [5, 5.41) is 21.5. The molecule has 6 rings (SSSR count). The molecule has 2 N–H and O–H groups in total. The number of piperidine rings is 1. The van der Waals surface area contributed by atoms with E-state index in [0.717, 1.165) is 38.6 Å². The standard InChI is InChI=1S/C29H47NO4/c1-15-9-23(33)26(30(6)14-15)16(2)25-24-12-19-18-11-22(32)20-10-17(31)7-8-28(20,5)21(18)13-29(19,34-24)27(25,3)4/h15-21,23-26,31,33H,7-14H2,1-6H3/t15-,16+,17-,18-,19-,20+,21-,23+,24-,25+,26+,28-,29+/m0/s1. The lowest BCUT2D eigenvalue weighted by molar-refractivity contribution is -0.145. The van der Waals surface area contributed by atoms with Gasteiger partial charge in [0, 0.05) is 24.9 Å². The first-order chi connectivity index (χ1) is 15.9. The van der Waals surface area contributed by atoms with E-state index in [1.807, 2.05) is 0 Å². The van der Waals surface area contributed by atoms with Gasteiger partial charge in [-0.2, -0.15) is 0 Å². The lowest BCUT2D eigenvalue weighted by Crippen LogP contribution is -2.58. The second-order valence-electron chi connectivity index (χ2n) is 14.5. The molecule has 3 heterocycles. The highest BCUT2D eigenvalue weighted by Crippen LogP contribution is 2.75. The minimum atomic E-state index is -0.312. The van der Waals surface area contributed by atoms with Crippen molar-refractivity contribution < 1.29 is 19.7 Å². The van der Waals surface area contributed by atoms with Gasteiger partial charge in [-0.3, -0.25) is 4.79 Å². The van der Waals surface area contributed by atoms with E-state index in [2.05, 4.69) is 46.6 Å². The third kappa shape index (κ3) is 2.90. The highest BCUT2D eigenvalue weighted by Gasteiger charge is 2.77. The number of likely N-dealkylation sites (tertiary alicyclic amines) is 1. The van der Waals surface area contributed by atoms with Crippen molar-refractivity contribution in [1.82, 2.24) is 4.90 Å². The number of ketones is 1. The number of carbonyl (C=O) groups excluding carboxylic acids is 1. The Bertz CT molecular complexity index is 847. The van der Waals surface area contributed by atoms with Gasteiger partial charge in [-0.05, 0) is 91.9 Å². The van der Waals surface area contributed by atoms with Crippen LogP contribution in [0, 0.1) is 52.3 Å². The fourth-order valence-corrected chi connectivity index (χ4v) is 11.3. The number of aliphatic hydroxyl groups excluding tert-OH is 2. The van der Waals surface area contributed by atoms with Crippen LogP contribution in [0.25, 0.3) is 0 Å². The smallest absolute Gasteiger partial charge is 0.136 e. The summed E-state index contributed by atoms with van der Waals surface area (Å²) in [4.78, 5) is 15.8. The molecule has 2 bridgehead atoms. The summed E-state index contributed by atoms with van der Waals surface area (Å²) in [5.41, 5.74) is -0.122. The molecule has 0 radical (unpaired) electrons. The Balaban J connectivity index is 1.31. The maximum atomic E-state index is 13.4. The summed E-state index contributed by atoms with van der Waals surface area (Å²) < 4.78 is 7.13. The van der Waals surface area contributed by atoms with E-state index in [0.29, 0.717) is 54.1 Å². The largest absolute Gasteiger partial charge is 0.393 e. The van der Waals surface area contributed by atoms with Gasteiger partial charge in [0.2, 0.25) is 0 Å². The van der Waals surface area contributed by atoms with Crippen molar-refractivity contribution in [2.75, 3.05) is 13.6 Å². The molecule has 192 valence electrons. The van der Waals surface area contributed by atoms with Crippen molar-refractivity contribution in [3.63, 3.8) is 0 Å². The molecule has 3 saturated heterocycles. The number of fused-ring (bicyclic) bond motifs is 5. The van der Waals surface area contributed by atoms with Crippen LogP contribution >= 0.6 is 0 Å². The quantitative estimate of drug-likeness (QED) is 0.637. The molecule has 3 aliphatic heterocycles. The monoisotopic (exact) mass is 473 g/mol. The predicted octanol–water partition coefficient (Wildman–Crippen LogP) is 3.90. The third-order valence-corrected chi connectivity index (χ3v) is 12.6. The van der Waals surface area contributed by atoms with E-state index in [4.69, 9.17) is 4.74 Å². The molecule has 3 saturated carbocycles. The van der Waals surface area contributed by atoms with Crippen LogP contribution in [-0.2, 0) is 9.53 Å². The average Bonchev–Trinajstić information content (AvgIpc) is 3.32. The number of hydrogen-bond donors (Lipinski definition) is 2. The van der Waals surface area contributed by atoms with Gasteiger partial charge in [0.1, 0.15) is 5.78 Å². The van der Waals surface area contributed by atoms with Gasteiger partial charge in [0.05, 0.1) is 23.9 Å². The maximum absolute atomic E-state index is 13.4. The van der Waals surface area contributed by atoms with E-state index in [9.17, 15) is 15.0 Å². The van der Waals surface area contributed by atoms with Gasteiger partial charge >= 0.3 is 0 Å². The minimum Gasteiger partial charge on any atom is -0.393 e. The summed E-state index contributed by atoms with van der Waals surface area (Å²) in [6.45, 7) is 12.9. The minimum absolute atomic E-state index is 0.00682. The average molecular weight is 474 g/mol. The van der Waals surface area contributed by atoms with Crippen LogP contribution in [0.4, 0.5) is 0 Å². The molecule has 5 heteroatoms. The fourth-order valence-electron chi connectivity index (χ4n) is 11.3. The Morgan fingerprint density at radius 3 is 2.56 bits per heavy atom. The molecule has 1 spiro atoms. The number of nitrogens with zero attached hydrogens (tertiary/aromatic N) is 1. The second kappa shape index (κ2) is 7.52. The number of aliphatic hydroxyl groups is 2. The van der Waals surface area contributed by atoms with Gasteiger partial charge in [0.15, 0.2) is 0 Å². The highest BCUT2D eigenvalue weighted by atomic mass is 16.5. The summed E-state index contributed by atoms with van der Waals surface area (Å²) in [7, 11) is 2.19. The van der Waals surface area contributed by atoms with Crippen molar-refractivity contribution in [3.8, 4) is 0 Å². The second-order valence-corrected chi connectivity index (χ2v) is 14.5. The van der Waals surface area contributed by atoms with E-state index >= 15 is 0 Å². The number of hydrogen-bond acceptors (Lipinski definition) is 5. The van der Waals surface area contributed by atoms with Crippen LogP contribution in [0.5, 0.6) is 0 Å². The molecule has 0 aromatic heterocycles. The first kappa shape index (κ1) is 23.9. The van der Waals surface area contributed by atoms with Crippen LogP contribution in [-0.4, -0.2) is 64.4 Å². The Morgan fingerprint density at radius 1 is 1.12 bits per heavy atom.